The summed E-state index contributed by atoms with van der Waals surface area (Å²) in [6.07, 6.45) is 3.59. The molecule has 0 saturated heterocycles. The van der Waals surface area contributed by atoms with E-state index in [1.54, 1.807) is 16.7 Å². The number of guanidine groups is 1. The number of nitrogens with zero attached hydrogens (tertiary/aromatic N) is 2. The Morgan fingerprint density at radius 1 is 1.14 bits per heavy atom. The molecule has 2 heterocycles. The molecule has 0 saturated carbocycles. The second-order valence-corrected chi connectivity index (χ2v) is 6.58. The van der Waals surface area contributed by atoms with Gasteiger partial charge in [-0.2, -0.15) is 0 Å². The third kappa shape index (κ3) is 7.26. The fraction of sp³-hybridized carbons (Fsp3) is 0.429. The number of hydrogen-bond acceptors (Lipinski definition) is 4. The van der Waals surface area contributed by atoms with Gasteiger partial charge in [0.1, 0.15) is 6.61 Å². The van der Waals surface area contributed by atoms with Crippen LogP contribution in [0.3, 0.4) is 0 Å². The molecule has 0 aliphatic carbocycles. The van der Waals surface area contributed by atoms with E-state index < -0.39 is 0 Å². The normalized spacial score (nSPS) is 15.3. The van der Waals surface area contributed by atoms with Crippen molar-refractivity contribution < 1.29 is 9.47 Å². The summed E-state index contributed by atoms with van der Waals surface area (Å²) < 4.78 is 13.4. The van der Waals surface area contributed by atoms with Crippen LogP contribution in [-0.2, 0) is 6.54 Å². The molecular weight excluding hydrogens is 483 g/mol. The lowest BCUT2D eigenvalue weighted by Crippen LogP contribution is -2.39. The minimum absolute atomic E-state index is 0. The van der Waals surface area contributed by atoms with Gasteiger partial charge in [-0.25, -0.2) is 4.99 Å². The Morgan fingerprint density at radius 3 is 2.72 bits per heavy atom. The van der Waals surface area contributed by atoms with Crippen LogP contribution in [0.1, 0.15) is 19.8 Å². The molecule has 0 spiro atoms. The first-order chi connectivity index (χ1) is 13.8. The fourth-order valence-electron chi connectivity index (χ4n) is 2.95. The molecule has 0 fully saturated rings. The lowest BCUT2D eigenvalue weighted by atomic mass is 10.2. The van der Waals surface area contributed by atoms with Gasteiger partial charge in [0.2, 0.25) is 5.56 Å². The van der Waals surface area contributed by atoms with Gasteiger partial charge in [0.25, 0.3) is 0 Å². The Kier molecular flexibility index (Phi) is 9.82. The summed E-state index contributed by atoms with van der Waals surface area (Å²) >= 11 is 0. The maximum atomic E-state index is 11.7. The van der Waals surface area contributed by atoms with E-state index in [2.05, 4.69) is 15.6 Å². The average molecular weight is 512 g/mol. The first-order valence-electron chi connectivity index (χ1n) is 9.82. The molecule has 1 aliphatic heterocycles. The largest absolute Gasteiger partial charge is 0.486 e. The van der Waals surface area contributed by atoms with Gasteiger partial charge >= 0.3 is 0 Å². The number of nitrogens with one attached hydrogen (secondary N) is 2. The number of aryl methyl sites for hydroxylation is 1. The second kappa shape index (κ2) is 12.4. The Morgan fingerprint density at radius 2 is 1.93 bits per heavy atom. The topological polar surface area (TPSA) is 76.9 Å². The predicted molar refractivity (Wildman–Crippen MR) is 126 cm³/mol. The first kappa shape index (κ1) is 23.1. The van der Waals surface area contributed by atoms with E-state index in [9.17, 15) is 4.79 Å². The summed E-state index contributed by atoms with van der Waals surface area (Å²) in [5, 5.41) is 6.58. The molecular formula is C21H29IN4O3. The maximum absolute atomic E-state index is 11.7. The van der Waals surface area contributed by atoms with E-state index >= 15 is 0 Å². The van der Waals surface area contributed by atoms with Crippen molar-refractivity contribution in [3.63, 3.8) is 0 Å². The van der Waals surface area contributed by atoms with Crippen molar-refractivity contribution >= 4 is 29.9 Å². The second-order valence-electron chi connectivity index (χ2n) is 6.58. The first-order valence-corrected chi connectivity index (χ1v) is 9.82. The van der Waals surface area contributed by atoms with E-state index in [1.165, 1.54) is 0 Å². The van der Waals surface area contributed by atoms with Gasteiger partial charge in [0.15, 0.2) is 23.6 Å². The molecule has 1 aliphatic rings. The Labute approximate surface area is 188 Å². The SMILES string of the molecule is CCNC(=NCC1COc2ccccc2O1)NCCCCn1ccccc1=O.I. The highest BCUT2D eigenvalue weighted by molar-refractivity contribution is 14.0. The van der Waals surface area contributed by atoms with Crippen molar-refractivity contribution in [2.45, 2.75) is 32.4 Å². The van der Waals surface area contributed by atoms with Crippen LogP contribution in [0.5, 0.6) is 11.5 Å². The molecule has 0 bridgehead atoms. The molecule has 29 heavy (non-hydrogen) atoms. The van der Waals surface area contributed by atoms with Crippen molar-refractivity contribution in [3.05, 3.63) is 59.0 Å². The van der Waals surface area contributed by atoms with Crippen LogP contribution >= 0.6 is 24.0 Å². The van der Waals surface area contributed by atoms with E-state index in [4.69, 9.17) is 9.47 Å². The van der Waals surface area contributed by atoms with E-state index in [0.717, 1.165) is 49.9 Å². The molecule has 1 aromatic carbocycles. The minimum Gasteiger partial charge on any atom is -0.486 e. The highest BCUT2D eigenvalue weighted by Crippen LogP contribution is 2.30. The number of ether oxygens (including phenoxy) is 2. The van der Waals surface area contributed by atoms with Crippen molar-refractivity contribution in [1.82, 2.24) is 15.2 Å². The molecule has 0 amide bonds. The quantitative estimate of drug-likeness (QED) is 0.246. The number of rotatable bonds is 8. The fourth-order valence-corrected chi connectivity index (χ4v) is 2.95. The molecule has 1 atom stereocenters. The standard InChI is InChI=1S/C21H28N4O3.HI/c1-2-22-21(23-12-6-8-14-25-13-7-5-11-20(25)26)24-15-17-16-27-18-9-3-4-10-19(18)28-17;/h3-5,7,9-11,13,17H,2,6,8,12,14-16H2,1H3,(H2,22,23,24);1H. The zero-order valence-electron chi connectivity index (χ0n) is 16.7. The monoisotopic (exact) mass is 512 g/mol. The van der Waals surface area contributed by atoms with Crippen molar-refractivity contribution in [1.29, 1.82) is 0 Å². The van der Waals surface area contributed by atoms with Crippen LogP contribution in [0.25, 0.3) is 0 Å². The Hall–Kier alpha value is -2.23. The van der Waals surface area contributed by atoms with Crippen molar-refractivity contribution in [3.8, 4) is 11.5 Å². The summed E-state index contributed by atoms with van der Waals surface area (Å²) in [5.74, 6) is 2.31. The number of pyridine rings is 1. The smallest absolute Gasteiger partial charge is 0.250 e. The summed E-state index contributed by atoms with van der Waals surface area (Å²) in [5.41, 5.74) is 0.0432. The molecule has 8 heteroatoms. The van der Waals surface area contributed by atoms with E-state index in [0.29, 0.717) is 13.2 Å². The predicted octanol–water partition coefficient (Wildman–Crippen LogP) is 2.64. The number of aromatic nitrogens is 1. The molecule has 0 radical (unpaired) electrons. The summed E-state index contributed by atoms with van der Waals surface area (Å²) in [4.78, 5) is 16.3. The zero-order valence-corrected chi connectivity index (χ0v) is 19.0. The van der Waals surface area contributed by atoms with E-state index in [1.807, 2.05) is 43.5 Å². The average Bonchev–Trinajstić information content (AvgIpc) is 2.72. The summed E-state index contributed by atoms with van der Waals surface area (Å²) in [7, 11) is 0. The third-order valence-corrected chi connectivity index (χ3v) is 4.38. The molecule has 3 rings (SSSR count). The van der Waals surface area contributed by atoms with E-state index in [-0.39, 0.29) is 35.6 Å². The van der Waals surface area contributed by atoms with Crippen LogP contribution in [0, 0.1) is 0 Å². The van der Waals surface area contributed by atoms with Gasteiger partial charge in [-0.3, -0.25) is 4.79 Å². The third-order valence-electron chi connectivity index (χ3n) is 4.38. The molecule has 1 aromatic heterocycles. The van der Waals surface area contributed by atoms with Crippen molar-refractivity contribution in [2.24, 2.45) is 4.99 Å². The van der Waals surface area contributed by atoms with Gasteiger partial charge in [-0.15, -0.1) is 24.0 Å². The number of para-hydroxylation sites is 2. The number of fused-ring (bicyclic) bond motifs is 1. The molecule has 7 nitrogen and oxygen atoms in total. The van der Waals surface area contributed by atoms with Gasteiger partial charge in [0.05, 0.1) is 6.54 Å². The lowest BCUT2D eigenvalue weighted by molar-refractivity contribution is 0.0971. The van der Waals surface area contributed by atoms with Crippen LogP contribution < -0.4 is 25.7 Å². The number of halogens is 1. The van der Waals surface area contributed by atoms with Gasteiger partial charge in [0, 0.05) is 31.9 Å². The van der Waals surface area contributed by atoms with Crippen LogP contribution in [0.4, 0.5) is 0 Å². The zero-order chi connectivity index (χ0) is 19.6. The highest BCUT2D eigenvalue weighted by atomic mass is 127. The number of benzene rings is 1. The Bertz CT molecular complexity index is 840. The molecule has 2 aromatic rings. The van der Waals surface area contributed by atoms with Crippen molar-refractivity contribution in [2.75, 3.05) is 26.2 Å². The summed E-state index contributed by atoms with van der Waals surface area (Å²) in [6, 6.07) is 12.9. The molecule has 2 N–H and O–H groups in total. The molecule has 158 valence electrons. The number of hydrogen-bond donors (Lipinski definition) is 2. The van der Waals surface area contributed by atoms with Crippen LogP contribution in [-0.4, -0.2) is 42.9 Å². The number of unbranched alkanes of at least 4 members (excludes halogenated alkanes) is 1. The minimum atomic E-state index is -0.102. The van der Waals surface area contributed by atoms with Crippen LogP contribution in [0.15, 0.2) is 58.4 Å². The lowest BCUT2D eigenvalue weighted by Gasteiger charge is -2.25. The van der Waals surface area contributed by atoms with Gasteiger partial charge < -0.3 is 24.7 Å². The van der Waals surface area contributed by atoms with Gasteiger partial charge in [-0.1, -0.05) is 18.2 Å². The number of aliphatic imine (C=N–C) groups is 1. The maximum Gasteiger partial charge on any atom is 0.250 e. The summed E-state index contributed by atoms with van der Waals surface area (Å²) in [6.45, 7) is 5.35. The Balaban J connectivity index is 0.00000300. The molecule has 1 unspecified atom stereocenters. The highest BCUT2D eigenvalue weighted by Gasteiger charge is 2.20. The van der Waals surface area contributed by atoms with Crippen LogP contribution in [0.2, 0.25) is 0 Å². The van der Waals surface area contributed by atoms with Gasteiger partial charge in [-0.05, 0) is 38.0 Å².